The largest absolute Gasteiger partial charge is 0.462 e. The second kappa shape index (κ2) is 10.3. The fourth-order valence-corrected chi connectivity index (χ4v) is 1.53. The summed E-state index contributed by atoms with van der Waals surface area (Å²) in [6, 6.07) is 0. The molecule has 3 nitrogen and oxygen atoms in total. The quantitative estimate of drug-likeness (QED) is 0.334. The Bertz CT molecular complexity index is 224. The molecule has 0 aliphatic rings. The van der Waals surface area contributed by atoms with Crippen LogP contribution in [0, 0.1) is 0 Å². The van der Waals surface area contributed by atoms with Gasteiger partial charge in [-0.1, -0.05) is 32.3 Å². The van der Waals surface area contributed by atoms with E-state index in [0.717, 1.165) is 12.8 Å². The van der Waals surface area contributed by atoms with Crippen molar-refractivity contribution < 1.29 is 9.53 Å². The van der Waals surface area contributed by atoms with Crippen molar-refractivity contribution in [1.29, 1.82) is 0 Å². The van der Waals surface area contributed by atoms with Crippen molar-refractivity contribution in [3.63, 3.8) is 0 Å². The third-order valence-corrected chi connectivity index (χ3v) is 2.58. The fraction of sp³-hybridized carbons (Fsp3) is 0.786. The molecule has 0 aromatic heterocycles. The van der Waals surface area contributed by atoms with Crippen molar-refractivity contribution in [1.82, 2.24) is 4.90 Å². The van der Waals surface area contributed by atoms with Gasteiger partial charge < -0.3 is 9.64 Å². The Balaban J connectivity index is 3.14. The number of rotatable bonds is 10. The van der Waals surface area contributed by atoms with E-state index < -0.39 is 0 Å². The molecule has 0 amide bonds. The van der Waals surface area contributed by atoms with Gasteiger partial charge in [0.1, 0.15) is 0 Å². The molecule has 0 heterocycles. The molecule has 0 bridgehead atoms. The predicted octanol–water partition coefficient (Wildman–Crippen LogP) is 3.01. The van der Waals surface area contributed by atoms with E-state index in [1.807, 2.05) is 0 Å². The van der Waals surface area contributed by atoms with Crippen molar-refractivity contribution in [3.05, 3.63) is 12.2 Å². The average molecular weight is 241 g/mol. The third-order valence-electron chi connectivity index (χ3n) is 2.58. The first-order valence-electron chi connectivity index (χ1n) is 6.51. The molecule has 0 fully saturated rings. The Labute approximate surface area is 106 Å². The van der Waals surface area contributed by atoms with Crippen molar-refractivity contribution in [2.45, 2.75) is 45.4 Å². The highest BCUT2D eigenvalue weighted by Gasteiger charge is 2.01. The number of unbranched alkanes of at least 4 members (excludes halogenated alkanes) is 5. The van der Waals surface area contributed by atoms with Gasteiger partial charge in [-0.2, -0.15) is 0 Å². The van der Waals surface area contributed by atoms with E-state index in [2.05, 4.69) is 25.6 Å². The summed E-state index contributed by atoms with van der Waals surface area (Å²) < 4.78 is 5.02. The molecule has 0 aromatic rings. The minimum Gasteiger partial charge on any atom is -0.462 e. The first kappa shape index (κ1) is 16.2. The SMILES string of the molecule is C=C(C)C(=O)OCCCCCCCCN(C)C. The molecular formula is C14H27NO2. The molecule has 0 aliphatic heterocycles. The van der Waals surface area contributed by atoms with Crippen LogP contribution in [0.25, 0.3) is 0 Å². The van der Waals surface area contributed by atoms with Gasteiger partial charge in [-0.3, -0.25) is 0 Å². The van der Waals surface area contributed by atoms with Crippen LogP contribution < -0.4 is 0 Å². The normalized spacial score (nSPS) is 10.6. The number of nitrogens with zero attached hydrogens (tertiary/aromatic N) is 1. The van der Waals surface area contributed by atoms with Crippen molar-refractivity contribution in [2.75, 3.05) is 27.2 Å². The van der Waals surface area contributed by atoms with Gasteiger partial charge in [-0.05, 0) is 40.4 Å². The van der Waals surface area contributed by atoms with Gasteiger partial charge in [0, 0.05) is 5.57 Å². The van der Waals surface area contributed by atoms with Crippen LogP contribution in [-0.2, 0) is 9.53 Å². The summed E-state index contributed by atoms with van der Waals surface area (Å²) in [5.74, 6) is -0.268. The van der Waals surface area contributed by atoms with Gasteiger partial charge in [0.2, 0.25) is 0 Å². The number of hydrogen-bond donors (Lipinski definition) is 0. The molecule has 100 valence electrons. The molecule has 0 unspecified atom stereocenters. The van der Waals surface area contributed by atoms with Gasteiger partial charge in [-0.25, -0.2) is 4.79 Å². The number of hydrogen-bond acceptors (Lipinski definition) is 3. The van der Waals surface area contributed by atoms with Crippen LogP contribution in [-0.4, -0.2) is 38.1 Å². The first-order chi connectivity index (χ1) is 8.04. The summed E-state index contributed by atoms with van der Waals surface area (Å²) in [6.07, 6.45) is 7.19. The van der Waals surface area contributed by atoms with Crippen LogP contribution in [0.2, 0.25) is 0 Å². The molecule has 0 saturated heterocycles. The van der Waals surface area contributed by atoms with Gasteiger partial charge >= 0.3 is 5.97 Å². The smallest absolute Gasteiger partial charge is 0.333 e. The Morgan fingerprint density at radius 2 is 1.59 bits per heavy atom. The van der Waals surface area contributed by atoms with Gasteiger partial charge in [-0.15, -0.1) is 0 Å². The predicted molar refractivity (Wildman–Crippen MR) is 72.0 cm³/mol. The second-order valence-corrected chi connectivity index (χ2v) is 4.84. The summed E-state index contributed by atoms with van der Waals surface area (Å²) in [6.45, 7) is 6.92. The van der Waals surface area contributed by atoms with Gasteiger partial charge in [0.25, 0.3) is 0 Å². The molecule has 0 atom stereocenters. The van der Waals surface area contributed by atoms with Gasteiger partial charge in [0.05, 0.1) is 6.61 Å². The summed E-state index contributed by atoms with van der Waals surface area (Å²) in [5, 5.41) is 0. The lowest BCUT2D eigenvalue weighted by Gasteiger charge is -2.08. The van der Waals surface area contributed by atoms with Gasteiger partial charge in [0.15, 0.2) is 0 Å². The van der Waals surface area contributed by atoms with E-state index in [9.17, 15) is 4.79 Å². The molecule has 0 aromatic carbocycles. The van der Waals surface area contributed by atoms with E-state index in [1.165, 1.54) is 32.2 Å². The summed E-state index contributed by atoms with van der Waals surface area (Å²) in [7, 11) is 4.21. The molecule has 0 saturated carbocycles. The molecule has 0 rings (SSSR count). The van der Waals surface area contributed by atoms with E-state index in [-0.39, 0.29) is 5.97 Å². The molecule has 3 heteroatoms. The highest BCUT2D eigenvalue weighted by atomic mass is 16.5. The zero-order valence-electron chi connectivity index (χ0n) is 11.6. The minimum absolute atomic E-state index is 0.268. The number of carbonyl (C=O) groups is 1. The average Bonchev–Trinajstić information content (AvgIpc) is 2.25. The topological polar surface area (TPSA) is 29.5 Å². The highest BCUT2D eigenvalue weighted by molar-refractivity contribution is 5.86. The van der Waals surface area contributed by atoms with Crippen LogP contribution in [0.5, 0.6) is 0 Å². The molecular weight excluding hydrogens is 214 g/mol. The standard InChI is InChI=1S/C14H27NO2/c1-13(2)14(16)17-12-10-8-6-5-7-9-11-15(3)4/h1,5-12H2,2-4H3. The van der Waals surface area contributed by atoms with Crippen LogP contribution in [0.1, 0.15) is 45.4 Å². The Morgan fingerprint density at radius 1 is 1.06 bits per heavy atom. The monoisotopic (exact) mass is 241 g/mol. The van der Waals surface area contributed by atoms with Crippen LogP contribution in [0.15, 0.2) is 12.2 Å². The van der Waals surface area contributed by atoms with E-state index in [0.29, 0.717) is 12.2 Å². The van der Waals surface area contributed by atoms with E-state index in [1.54, 1.807) is 6.92 Å². The third kappa shape index (κ3) is 11.4. The Hall–Kier alpha value is -0.830. The Morgan fingerprint density at radius 3 is 2.12 bits per heavy atom. The summed E-state index contributed by atoms with van der Waals surface area (Å²) in [4.78, 5) is 13.3. The maximum absolute atomic E-state index is 11.1. The van der Waals surface area contributed by atoms with Crippen molar-refractivity contribution in [2.24, 2.45) is 0 Å². The number of ether oxygens (including phenoxy) is 1. The first-order valence-corrected chi connectivity index (χ1v) is 6.51. The van der Waals surface area contributed by atoms with E-state index >= 15 is 0 Å². The van der Waals surface area contributed by atoms with Crippen LogP contribution >= 0.6 is 0 Å². The molecule has 0 radical (unpaired) electrons. The number of carbonyl (C=O) groups excluding carboxylic acids is 1. The zero-order chi connectivity index (χ0) is 13.1. The van der Waals surface area contributed by atoms with Crippen molar-refractivity contribution in [3.8, 4) is 0 Å². The van der Waals surface area contributed by atoms with Crippen LogP contribution in [0.3, 0.4) is 0 Å². The van der Waals surface area contributed by atoms with Crippen LogP contribution in [0.4, 0.5) is 0 Å². The Kier molecular flexibility index (Phi) is 9.83. The minimum atomic E-state index is -0.268. The maximum Gasteiger partial charge on any atom is 0.333 e. The highest BCUT2D eigenvalue weighted by Crippen LogP contribution is 2.06. The zero-order valence-corrected chi connectivity index (χ0v) is 11.6. The number of esters is 1. The maximum atomic E-state index is 11.1. The molecule has 17 heavy (non-hydrogen) atoms. The summed E-state index contributed by atoms with van der Waals surface area (Å²) >= 11 is 0. The second-order valence-electron chi connectivity index (χ2n) is 4.84. The molecule has 0 aliphatic carbocycles. The lowest BCUT2D eigenvalue weighted by Crippen LogP contribution is -2.12. The summed E-state index contributed by atoms with van der Waals surface area (Å²) in [5.41, 5.74) is 0.480. The lowest BCUT2D eigenvalue weighted by atomic mass is 10.1. The molecule has 0 N–H and O–H groups in total. The molecule has 0 spiro atoms. The van der Waals surface area contributed by atoms with Crippen molar-refractivity contribution >= 4 is 5.97 Å². The fourth-order valence-electron chi connectivity index (χ4n) is 1.53. The lowest BCUT2D eigenvalue weighted by molar-refractivity contribution is -0.139. The van der Waals surface area contributed by atoms with E-state index in [4.69, 9.17) is 4.74 Å².